The van der Waals surface area contributed by atoms with E-state index in [9.17, 15) is 4.79 Å². The number of rotatable bonds is 8. The Morgan fingerprint density at radius 1 is 0.862 bits per heavy atom. The Kier molecular flexibility index (Phi) is 6.22. The molecule has 2 aromatic heterocycles. The molecule has 29 heavy (non-hydrogen) atoms. The van der Waals surface area contributed by atoms with Crippen LogP contribution in [-0.2, 0) is 17.9 Å². The highest BCUT2D eigenvalue weighted by atomic mass is 32.1. The van der Waals surface area contributed by atoms with Gasteiger partial charge in [0.15, 0.2) is 0 Å². The standard InChI is InChI=1S/C25H23NO2S/c27-25(26(17-20-13-15-29-19-20)18-23-12-7-14-28-23)16-24(21-8-3-1-4-9-21)22-10-5-2-6-11-22/h1-15,19,24H,16-18H2. The van der Waals surface area contributed by atoms with Gasteiger partial charge >= 0.3 is 0 Å². The molecule has 0 spiro atoms. The van der Waals surface area contributed by atoms with Crippen molar-refractivity contribution in [3.05, 3.63) is 118 Å². The fourth-order valence-corrected chi connectivity index (χ4v) is 4.19. The van der Waals surface area contributed by atoms with Gasteiger partial charge in [0.1, 0.15) is 5.76 Å². The maximum absolute atomic E-state index is 13.4. The van der Waals surface area contributed by atoms with Gasteiger partial charge in [-0.15, -0.1) is 0 Å². The molecular weight excluding hydrogens is 378 g/mol. The first-order chi connectivity index (χ1) is 14.3. The van der Waals surface area contributed by atoms with Gasteiger partial charge in [-0.1, -0.05) is 60.7 Å². The number of nitrogens with zero attached hydrogens (tertiary/aromatic N) is 1. The molecule has 0 aliphatic heterocycles. The van der Waals surface area contributed by atoms with Crippen LogP contribution >= 0.6 is 11.3 Å². The minimum Gasteiger partial charge on any atom is -0.467 e. The molecule has 0 unspecified atom stereocenters. The van der Waals surface area contributed by atoms with Crippen molar-refractivity contribution < 1.29 is 9.21 Å². The number of hydrogen-bond donors (Lipinski definition) is 0. The predicted molar refractivity (Wildman–Crippen MR) is 117 cm³/mol. The van der Waals surface area contributed by atoms with Gasteiger partial charge in [0.25, 0.3) is 0 Å². The van der Waals surface area contributed by atoms with Crippen molar-refractivity contribution in [3.63, 3.8) is 0 Å². The van der Waals surface area contributed by atoms with Gasteiger partial charge in [0.2, 0.25) is 5.91 Å². The quantitative estimate of drug-likeness (QED) is 0.358. The van der Waals surface area contributed by atoms with Crippen molar-refractivity contribution in [3.8, 4) is 0 Å². The second-order valence-corrected chi connectivity index (χ2v) is 7.82. The van der Waals surface area contributed by atoms with Crippen LogP contribution in [0.3, 0.4) is 0 Å². The Hall–Kier alpha value is -3.11. The summed E-state index contributed by atoms with van der Waals surface area (Å²) < 4.78 is 5.52. The number of carbonyl (C=O) groups excluding carboxylic acids is 1. The topological polar surface area (TPSA) is 33.5 Å². The third-order valence-electron chi connectivity index (χ3n) is 5.02. The molecule has 4 heteroatoms. The second kappa shape index (κ2) is 9.39. The molecule has 0 aliphatic carbocycles. The van der Waals surface area contributed by atoms with Crippen molar-refractivity contribution in [2.24, 2.45) is 0 Å². The molecule has 0 radical (unpaired) electrons. The fraction of sp³-hybridized carbons (Fsp3) is 0.160. The van der Waals surface area contributed by atoms with E-state index in [1.54, 1.807) is 17.6 Å². The van der Waals surface area contributed by atoms with Crippen molar-refractivity contribution in [2.45, 2.75) is 25.4 Å². The van der Waals surface area contributed by atoms with Gasteiger partial charge in [-0.3, -0.25) is 4.79 Å². The molecule has 3 nitrogen and oxygen atoms in total. The molecule has 0 atom stereocenters. The third-order valence-corrected chi connectivity index (χ3v) is 5.75. The maximum atomic E-state index is 13.4. The Balaban J connectivity index is 1.59. The summed E-state index contributed by atoms with van der Waals surface area (Å²) in [6, 6.07) is 26.4. The lowest BCUT2D eigenvalue weighted by molar-refractivity contribution is -0.133. The van der Waals surface area contributed by atoms with E-state index >= 15 is 0 Å². The molecule has 0 saturated carbocycles. The molecule has 0 aliphatic rings. The highest BCUT2D eigenvalue weighted by Crippen LogP contribution is 2.29. The molecule has 2 heterocycles. The second-order valence-electron chi connectivity index (χ2n) is 7.04. The van der Waals surface area contributed by atoms with Crippen molar-refractivity contribution in [2.75, 3.05) is 0 Å². The number of hydrogen-bond acceptors (Lipinski definition) is 3. The Morgan fingerprint density at radius 2 is 1.55 bits per heavy atom. The van der Waals surface area contributed by atoms with Crippen LogP contribution in [0.2, 0.25) is 0 Å². The van der Waals surface area contributed by atoms with Crippen LogP contribution in [0.4, 0.5) is 0 Å². The first kappa shape index (κ1) is 19.2. The first-order valence-corrected chi connectivity index (χ1v) is 10.6. The van der Waals surface area contributed by atoms with E-state index < -0.39 is 0 Å². The van der Waals surface area contributed by atoms with Gasteiger partial charge in [-0.25, -0.2) is 0 Å². The summed E-state index contributed by atoms with van der Waals surface area (Å²) >= 11 is 1.65. The minimum absolute atomic E-state index is 0.0199. The average molecular weight is 402 g/mol. The highest BCUT2D eigenvalue weighted by molar-refractivity contribution is 7.07. The van der Waals surface area contributed by atoms with Crippen LogP contribution in [0, 0.1) is 0 Å². The zero-order valence-electron chi connectivity index (χ0n) is 16.1. The van der Waals surface area contributed by atoms with Gasteiger partial charge < -0.3 is 9.32 Å². The lowest BCUT2D eigenvalue weighted by Crippen LogP contribution is -2.31. The minimum atomic E-state index is 0.0199. The van der Waals surface area contributed by atoms with Crippen LogP contribution in [0.1, 0.15) is 34.8 Å². The lowest BCUT2D eigenvalue weighted by Gasteiger charge is -2.25. The van der Waals surface area contributed by atoms with Crippen LogP contribution in [0.25, 0.3) is 0 Å². The van der Waals surface area contributed by atoms with Gasteiger partial charge in [-0.2, -0.15) is 11.3 Å². The van der Waals surface area contributed by atoms with Crippen molar-refractivity contribution >= 4 is 17.2 Å². The first-order valence-electron chi connectivity index (χ1n) is 9.71. The predicted octanol–water partition coefficient (Wildman–Crippen LogP) is 6.09. The summed E-state index contributed by atoms with van der Waals surface area (Å²) in [6.45, 7) is 1.05. The maximum Gasteiger partial charge on any atom is 0.224 e. The SMILES string of the molecule is O=C(CC(c1ccccc1)c1ccccc1)N(Cc1ccsc1)Cc1ccco1. The molecule has 2 aromatic carbocycles. The number of amides is 1. The lowest BCUT2D eigenvalue weighted by atomic mass is 9.88. The smallest absolute Gasteiger partial charge is 0.224 e. The van der Waals surface area contributed by atoms with E-state index in [-0.39, 0.29) is 11.8 Å². The van der Waals surface area contributed by atoms with E-state index in [1.165, 1.54) is 0 Å². The molecule has 4 aromatic rings. The highest BCUT2D eigenvalue weighted by Gasteiger charge is 2.23. The summed E-state index contributed by atoms with van der Waals surface area (Å²) in [6.07, 6.45) is 2.07. The summed E-state index contributed by atoms with van der Waals surface area (Å²) in [5.41, 5.74) is 3.45. The van der Waals surface area contributed by atoms with E-state index in [4.69, 9.17) is 4.42 Å². The van der Waals surface area contributed by atoms with Crippen LogP contribution in [0.5, 0.6) is 0 Å². The molecule has 146 valence electrons. The number of benzene rings is 2. The third kappa shape index (κ3) is 5.04. The van der Waals surface area contributed by atoms with E-state index in [0.717, 1.165) is 22.5 Å². The zero-order chi connectivity index (χ0) is 19.9. The molecule has 1 amide bonds. The molecule has 0 bridgehead atoms. The fourth-order valence-electron chi connectivity index (χ4n) is 3.53. The van der Waals surface area contributed by atoms with E-state index in [2.05, 4.69) is 35.7 Å². The Morgan fingerprint density at radius 3 is 2.10 bits per heavy atom. The molecular formula is C25H23NO2S. The van der Waals surface area contributed by atoms with Crippen LogP contribution in [0.15, 0.2) is 100 Å². The van der Waals surface area contributed by atoms with Crippen molar-refractivity contribution in [1.29, 1.82) is 0 Å². The summed E-state index contributed by atoms with van der Waals surface area (Å²) in [5.74, 6) is 0.932. The monoisotopic (exact) mass is 401 g/mol. The van der Waals surface area contributed by atoms with Gasteiger partial charge in [0.05, 0.1) is 12.8 Å². The molecule has 0 fully saturated rings. The van der Waals surface area contributed by atoms with Gasteiger partial charge in [0, 0.05) is 18.9 Å². The van der Waals surface area contributed by atoms with Gasteiger partial charge in [-0.05, 0) is 45.6 Å². The summed E-state index contributed by atoms with van der Waals surface area (Å²) in [4.78, 5) is 15.3. The van der Waals surface area contributed by atoms with E-state index in [1.807, 2.05) is 58.8 Å². The largest absolute Gasteiger partial charge is 0.467 e. The van der Waals surface area contributed by atoms with Crippen molar-refractivity contribution in [1.82, 2.24) is 4.90 Å². The Bertz CT molecular complexity index is 920. The summed E-state index contributed by atoms with van der Waals surface area (Å²) in [5, 5.41) is 4.13. The number of carbonyl (C=O) groups is 1. The molecule has 0 N–H and O–H groups in total. The van der Waals surface area contributed by atoms with Crippen LogP contribution in [-0.4, -0.2) is 10.8 Å². The van der Waals surface area contributed by atoms with Crippen LogP contribution < -0.4 is 0 Å². The average Bonchev–Trinajstić information content (AvgIpc) is 3.47. The number of furan rings is 1. The normalized spacial score (nSPS) is 10.9. The zero-order valence-corrected chi connectivity index (χ0v) is 16.9. The summed E-state index contributed by atoms with van der Waals surface area (Å²) in [7, 11) is 0. The molecule has 0 saturated heterocycles. The Labute approximate surface area is 175 Å². The van der Waals surface area contributed by atoms with E-state index in [0.29, 0.717) is 19.5 Å². The number of thiophene rings is 1. The molecule has 4 rings (SSSR count).